The zero-order valence-electron chi connectivity index (χ0n) is 28.2. The van der Waals surface area contributed by atoms with Crippen LogP contribution < -0.4 is 15.0 Å². The van der Waals surface area contributed by atoms with Crippen LogP contribution in [0.3, 0.4) is 0 Å². The van der Waals surface area contributed by atoms with E-state index in [-0.39, 0.29) is 0 Å². The van der Waals surface area contributed by atoms with Crippen molar-refractivity contribution in [2.45, 2.75) is 19.6 Å². The van der Waals surface area contributed by atoms with Gasteiger partial charge >= 0.3 is 0 Å². The Kier molecular flexibility index (Phi) is 7.56. The lowest BCUT2D eigenvalue weighted by molar-refractivity contribution is 1.29. The summed E-state index contributed by atoms with van der Waals surface area (Å²) in [5.74, 6) is 0. The first kappa shape index (κ1) is 30.9. The molecule has 0 spiro atoms. The van der Waals surface area contributed by atoms with Gasteiger partial charge in [-0.25, -0.2) is 4.85 Å². The molecular formula is C45H34N4Si. The second-order valence-electron chi connectivity index (χ2n) is 13.6. The molecule has 5 heteroatoms. The topological polar surface area (TPSA) is 34.6 Å². The molecule has 0 aromatic heterocycles. The lowest BCUT2D eigenvalue weighted by Crippen LogP contribution is -2.40. The molecule has 238 valence electrons. The highest BCUT2D eigenvalue weighted by Gasteiger charge is 2.28. The Labute approximate surface area is 293 Å². The molecular weight excluding hydrogens is 625 g/mol. The molecule has 0 N–H and O–H groups in total. The summed E-state index contributed by atoms with van der Waals surface area (Å²) in [6.07, 6.45) is 0. The molecule has 0 aliphatic rings. The van der Waals surface area contributed by atoms with E-state index in [1.165, 1.54) is 16.0 Å². The highest BCUT2D eigenvalue weighted by molar-refractivity contribution is 6.89. The summed E-state index contributed by atoms with van der Waals surface area (Å²) in [4.78, 5) is 8.43. The fourth-order valence-corrected chi connectivity index (χ4v) is 8.91. The monoisotopic (exact) mass is 658 g/mol. The summed E-state index contributed by atoms with van der Waals surface area (Å²) >= 11 is 0. The van der Waals surface area contributed by atoms with Gasteiger partial charge in [-0.05, 0) is 75.3 Å². The van der Waals surface area contributed by atoms with Gasteiger partial charge < -0.3 is 9.80 Å². The van der Waals surface area contributed by atoms with Crippen molar-refractivity contribution in [3.05, 3.63) is 169 Å². The maximum absolute atomic E-state index is 10.3. The second-order valence-corrected chi connectivity index (χ2v) is 18.6. The molecule has 0 saturated heterocycles. The Morgan fingerprint density at radius 3 is 1.66 bits per heavy atom. The lowest BCUT2D eigenvalue weighted by atomic mass is 9.91. The van der Waals surface area contributed by atoms with Crippen molar-refractivity contribution >= 4 is 85.4 Å². The zero-order valence-corrected chi connectivity index (χ0v) is 29.2. The number of rotatable bonds is 7. The summed E-state index contributed by atoms with van der Waals surface area (Å²) in [6.45, 7) is 15.1. The molecule has 50 heavy (non-hydrogen) atoms. The first-order valence-electron chi connectivity index (χ1n) is 16.8. The number of hydrogen-bond donors (Lipinski definition) is 0. The van der Waals surface area contributed by atoms with Crippen LogP contribution in [0.2, 0.25) is 19.6 Å². The van der Waals surface area contributed by atoms with Gasteiger partial charge in [-0.1, -0.05) is 123 Å². The number of nitrogens with zero attached hydrogens (tertiary/aromatic N) is 4. The fraction of sp³-hybridized carbons (Fsp3) is 0.0667. The molecule has 0 fully saturated rings. The van der Waals surface area contributed by atoms with Gasteiger partial charge in [-0.15, -0.1) is 0 Å². The minimum atomic E-state index is -1.81. The molecule has 0 amide bonds. The molecule has 0 unspecified atom stereocenters. The van der Waals surface area contributed by atoms with Gasteiger partial charge in [0.15, 0.2) is 0 Å². The summed E-state index contributed by atoms with van der Waals surface area (Å²) < 4.78 is 0. The quantitative estimate of drug-likeness (QED) is 0.0971. The molecule has 0 aliphatic carbocycles. The van der Waals surface area contributed by atoms with Crippen LogP contribution >= 0.6 is 0 Å². The van der Waals surface area contributed by atoms with E-state index in [4.69, 9.17) is 6.57 Å². The van der Waals surface area contributed by atoms with Crippen molar-refractivity contribution in [2.75, 3.05) is 9.80 Å². The van der Waals surface area contributed by atoms with Crippen molar-refractivity contribution in [1.29, 1.82) is 5.26 Å². The van der Waals surface area contributed by atoms with Crippen LogP contribution in [0.5, 0.6) is 0 Å². The van der Waals surface area contributed by atoms with Crippen LogP contribution in [0.15, 0.2) is 152 Å². The maximum Gasteiger partial charge on any atom is 0.210 e. The van der Waals surface area contributed by atoms with Crippen molar-refractivity contribution < 1.29 is 0 Å². The normalized spacial score (nSPS) is 11.5. The van der Waals surface area contributed by atoms with Gasteiger partial charge in [0.2, 0.25) is 5.69 Å². The number of para-hydroxylation sites is 5. The molecule has 4 nitrogen and oxygen atoms in total. The lowest BCUT2D eigenvalue weighted by Gasteiger charge is -2.33. The first-order valence-corrected chi connectivity index (χ1v) is 20.3. The zero-order chi connectivity index (χ0) is 34.4. The average molecular weight is 659 g/mol. The van der Waals surface area contributed by atoms with E-state index < -0.39 is 8.07 Å². The standard InChI is InChI=1S/C45H34N4Si/c1-47-37-17-9-11-19-41(37)48(34-15-6-5-7-16-34)39-28-24-31-23-27-36-40(29-25-32-22-26-35(39)44(31)45(32)36)49(38-18-10-8-14-33(38)30-46)42-20-12-13-21-43(42)50(2,3)4/h5-29H,2-4H3. The van der Waals surface area contributed by atoms with Crippen LogP contribution in [0, 0.1) is 17.9 Å². The predicted molar refractivity (Wildman–Crippen MR) is 213 cm³/mol. The van der Waals surface area contributed by atoms with Crippen molar-refractivity contribution in [3.63, 3.8) is 0 Å². The predicted octanol–water partition coefficient (Wildman–Crippen LogP) is 12.5. The highest BCUT2D eigenvalue weighted by Crippen LogP contribution is 2.48. The van der Waals surface area contributed by atoms with Gasteiger partial charge in [0.05, 0.1) is 43.0 Å². The van der Waals surface area contributed by atoms with Gasteiger partial charge in [0, 0.05) is 22.1 Å². The minimum Gasteiger partial charge on any atom is -0.320 e. The average Bonchev–Trinajstić information content (AvgIpc) is 3.15. The van der Waals surface area contributed by atoms with Crippen LogP contribution in [-0.2, 0) is 0 Å². The minimum absolute atomic E-state index is 0.595. The van der Waals surface area contributed by atoms with Crippen LogP contribution in [0.25, 0.3) is 37.2 Å². The fourth-order valence-electron chi connectivity index (χ4n) is 7.35. The maximum atomic E-state index is 10.3. The Morgan fingerprint density at radius 1 is 0.520 bits per heavy atom. The number of anilines is 6. The van der Waals surface area contributed by atoms with Gasteiger partial charge in [0.25, 0.3) is 0 Å². The highest BCUT2D eigenvalue weighted by atomic mass is 28.3. The third-order valence-corrected chi connectivity index (χ3v) is 11.6. The van der Waals surface area contributed by atoms with Gasteiger partial charge in [-0.3, -0.25) is 0 Å². The smallest absolute Gasteiger partial charge is 0.210 e. The second kappa shape index (κ2) is 12.2. The van der Waals surface area contributed by atoms with E-state index in [0.717, 1.165) is 55.7 Å². The van der Waals surface area contributed by atoms with Gasteiger partial charge in [0.1, 0.15) is 6.07 Å². The molecule has 8 rings (SSSR count). The third-order valence-electron chi connectivity index (χ3n) is 9.58. The summed E-state index contributed by atoms with van der Waals surface area (Å²) in [7, 11) is -1.81. The molecule has 8 aromatic carbocycles. The van der Waals surface area contributed by atoms with Crippen LogP contribution in [0.4, 0.5) is 39.8 Å². The van der Waals surface area contributed by atoms with Crippen molar-refractivity contribution in [2.24, 2.45) is 0 Å². The number of benzene rings is 8. The molecule has 0 radical (unpaired) electrons. The van der Waals surface area contributed by atoms with Gasteiger partial charge in [-0.2, -0.15) is 5.26 Å². The van der Waals surface area contributed by atoms with Crippen molar-refractivity contribution in [1.82, 2.24) is 0 Å². The number of hydrogen-bond acceptors (Lipinski definition) is 3. The van der Waals surface area contributed by atoms with E-state index in [1.807, 2.05) is 60.7 Å². The number of nitriles is 1. The molecule has 0 saturated carbocycles. The van der Waals surface area contributed by atoms with E-state index in [2.05, 4.69) is 131 Å². The van der Waals surface area contributed by atoms with Crippen LogP contribution in [-0.4, -0.2) is 8.07 Å². The van der Waals surface area contributed by atoms with E-state index >= 15 is 0 Å². The first-order chi connectivity index (χ1) is 24.4. The summed E-state index contributed by atoms with van der Waals surface area (Å²) in [5.41, 5.74) is 7.06. The molecule has 8 aromatic rings. The Morgan fingerprint density at radius 2 is 1.04 bits per heavy atom. The molecule has 0 bridgehead atoms. The molecule has 0 atom stereocenters. The van der Waals surface area contributed by atoms with Crippen molar-refractivity contribution in [3.8, 4) is 6.07 Å². The summed E-state index contributed by atoms with van der Waals surface area (Å²) in [6, 6.07) is 54.9. The third kappa shape index (κ3) is 5.04. The van der Waals surface area contributed by atoms with Crippen LogP contribution in [0.1, 0.15) is 5.56 Å². The Hall–Kier alpha value is -6.40. The van der Waals surface area contributed by atoms with E-state index in [9.17, 15) is 5.26 Å². The summed E-state index contributed by atoms with van der Waals surface area (Å²) in [5, 5.41) is 18.5. The Bertz CT molecular complexity index is 2630. The SMILES string of the molecule is [C-]#[N+]c1ccccc1N(c1ccccc1)c1ccc2ccc3c(N(c4ccccc4C#N)c4ccccc4[Si](C)(C)C)ccc4ccc1c2c43. The Balaban J connectivity index is 1.45. The van der Waals surface area contributed by atoms with E-state index in [0.29, 0.717) is 11.3 Å². The van der Waals surface area contributed by atoms with E-state index in [1.54, 1.807) is 0 Å². The largest absolute Gasteiger partial charge is 0.320 e. The molecule has 0 aliphatic heterocycles. The molecule has 0 heterocycles.